The standard InChI is InChI=1S/C18H13FO/c1-12-10-16(14-8-5-9-15(19)11-14)17(18(12)20)13-6-3-2-4-7-13/h2-9,11H,1,10H2. The summed E-state index contributed by atoms with van der Waals surface area (Å²) in [5, 5.41) is 0. The largest absolute Gasteiger partial charge is 0.289 e. The molecule has 1 aliphatic carbocycles. The van der Waals surface area contributed by atoms with Crippen molar-refractivity contribution in [1.82, 2.24) is 0 Å². The first-order chi connectivity index (χ1) is 9.66. The Balaban J connectivity index is 2.21. The normalized spacial score (nSPS) is 15.1. The van der Waals surface area contributed by atoms with Crippen molar-refractivity contribution in [3.8, 4) is 0 Å². The zero-order valence-electron chi connectivity index (χ0n) is 10.9. The molecule has 1 aliphatic rings. The van der Waals surface area contributed by atoms with E-state index in [-0.39, 0.29) is 11.6 Å². The maximum absolute atomic E-state index is 13.4. The molecule has 0 bridgehead atoms. The summed E-state index contributed by atoms with van der Waals surface area (Å²) >= 11 is 0. The van der Waals surface area contributed by atoms with Crippen molar-refractivity contribution in [2.24, 2.45) is 0 Å². The Morgan fingerprint density at radius 3 is 2.35 bits per heavy atom. The molecule has 0 fully saturated rings. The molecule has 0 radical (unpaired) electrons. The van der Waals surface area contributed by atoms with Crippen LogP contribution in [0.5, 0.6) is 0 Å². The van der Waals surface area contributed by atoms with E-state index in [9.17, 15) is 9.18 Å². The lowest BCUT2D eigenvalue weighted by atomic mass is 9.97. The molecule has 0 spiro atoms. The van der Waals surface area contributed by atoms with E-state index < -0.39 is 0 Å². The Labute approximate surface area is 117 Å². The monoisotopic (exact) mass is 264 g/mol. The van der Waals surface area contributed by atoms with Crippen LogP contribution in [0.1, 0.15) is 17.5 Å². The third-order valence-corrected chi connectivity index (χ3v) is 3.48. The predicted octanol–water partition coefficient (Wildman–Crippen LogP) is 4.27. The van der Waals surface area contributed by atoms with Gasteiger partial charge in [0.15, 0.2) is 5.78 Å². The number of carbonyl (C=O) groups is 1. The SMILES string of the molecule is C=C1CC(c2cccc(F)c2)=C(c2ccccc2)C1=O. The second-order valence-electron chi connectivity index (χ2n) is 4.84. The van der Waals surface area contributed by atoms with Gasteiger partial charge in [0.05, 0.1) is 0 Å². The Morgan fingerprint density at radius 2 is 1.65 bits per heavy atom. The van der Waals surface area contributed by atoms with Gasteiger partial charge in [-0.2, -0.15) is 0 Å². The van der Waals surface area contributed by atoms with Crippen LogP contribution >= 0.6 is 0 Å². The van der Waals surface area contributed by atoms with Gasteiger partial charge in [-0.25, -0.2) is 4.39 Å². The highest BCUT2D eigenvalue weighted by Gasteiger charge is 2.28. The fraction of sp³-hybridized carbons (Fsp3) is 0.0556. The average molecular weight is 264 g/mol. The van der Waals surface area contributed by atoms with Gasteiger partial charge in [0.1, 0.15) is 5.82 Å². The fourth-order valence-corrected chi connectivity index (χ4v) is 2.53. The van der Waals surface area contributed by atoms with Gasteiger partial charge >= 0.3 is 0 Å². The van der Waals surface area contributed by atoms with Crippen LogP contribution in [0.3, 0.4) is 0 Å². The van der Waals surface area contributed by atoms with E-state index in [0.717, 1.165) is 16.7 Å². The lowest BCUT2D eigenvalue weighted by Gasteiger charge is -2.07. The number of benzene rings is 2. The Bertz CT molecular complexity index is 726. The molecule has 2 heteroatoms. The van der Waals surface area contributed by atoms with Crippen molar-refractivity contribution >= 4 is 16.9 Å². The molecule has 98 valence electrons. The topological polar surface area (TPSA) is 17.1 Å². The molecule has 3 rings (SSSR count). The molecule has 2 aromatic carbocycles. The minimum Gasteiger partial charge on any atom is -0.289 e. The Kier molecular flexibility index (Phi) is 3.07. The third kappa shape index (κ3) is 2.10. The van der Waals surface area contributed by atoms with Gasteiger partial charge < -0.3 is 0 Å². The second-order valence-corrected chi connectivity index (χ2v) is 4.84. The maximum atomic E-state index is 13.4. The van der Waals surface area contributed by atoms with E-state index in [1.807, 2.05) is 36.4 Å². The number of carbonyl (C=O) groups excluding carboxylic acids is 1. The van der Waals surface area contributed by atoms with Crippen molar-refractivity contribution in [3.63, 3.8) is 0 Å². The summed E-state index contributed by atoms with van der Waals surface area (Å²) in [5.74, 6) is -0.345. The highest BCUT2D eigenvalue weighted by atomic mass is 19.1. The van der Waals surface area contributed by atoms with Gasteiger partial charge in [-0.1, -0.05) is 49.0 Å². The lowest BCUT2D eigenvalue weighted by Crippen LogP contribution is -1.97. The maximum Gasteiger partial charge on any atom is 0.189 e. The van der Waals surface area contributed by atoms with Crippen molar-refractivity contribution in [2.45, 2.75) is 6.42 Å². The highest BCUT2D eigenvalue weighted by molar-refractivity contribution is 6.38. The first-order valence-corrected chi connectivity index (χ1v) is 6.44. The first-order valence-electron chi connectivity index (χ1n) is 6.44. The zero-order valence-corrected chi connectivity index (χ0v) is 10.9. The average Bonchev–Trinajstić information content (AvgIpc) is 2.76. The van der Waals surface area contributed by atoms with Gasteiger partial charge in [-0.05, 0) is 34.4 Å². The number of ketones is 1. The van der Waals surface area contributed by atoms with Gasteiger partial charge in [0.25, 0.3) is 0 Å². The smallest absolute Gasteiger partial charge is 0.189 e. The minimum atomic E-state index is -0.299. The number of hydrogen-bond donors (Lipinski definition) is 0. The zero-order chi connectivity index (χ0) is 14.1. The summed E-state index contributed by atoms with van der Waals surface area (Å²) in [5.41, 5.74) is 3.65. The van der Waals surface area contributed by atoms with Crippen LogP contribution in [0.15, 0.2) is 66.7 Å². The number of Topliss-reactive ketones (excluding diaryl/α,β-unsaturated/α-hetero) is 1. The molecule has 0 unspecified atom stereocenters. The first kappa shape index (κ1) is 12.5. The quantitative estimate of drug-likeness (QED) is 0.740. The third-order valence-electron chi connectivity index (χ3n) is 3.48. The predicted molar refractivity (Wildman–Crippen MR) is 78.4 cm³/mol. The summed E-state index contributed by atoms with van der Waals surface area (Å²) in [4.78, 5) is 12.3. The second kappa shape index (κ2) is 4.89. The molecule has 0 saturated heterocycles. The summed E-state index contributed by atoms with van der Waals surface area (Å²) in [7, 11) is 0. The number of hydrogen-bond acceptors (Lipinski definition) is 1. The number of allylic oxidation sites excluding steroid dienone is 3. The van der Waals surface area contributed by atoms with E-state index >= 15 is 0 Å². The molecule has 0 atom stereocenters. The Morgan fingerprint density at radius 1 is 0.950 bits per heavy atom. The van der Waals surface area contributed by atoms with E-state index in [2.05, 4.69) is 6.58 Å². The number of rotatable bonds is 2. The molecule has 0 heterocycles. The van der Waals surface area contributed by atoms with Crippen molar-refractivity contribution in [1.29, 1.82) is 0 Å². The van der Waals surface area contributed by atoms with Crippen LogP contribution in [0.4, 0.5) is 4.39 Å². The molecule has 0 aromatic heterocycles. The van der Waals surface area contributed by atoms with Crippen LogP contribution in [0, 0.1) is 5.82 Å². The molecule has 0 saturated carbocycles. The molecule has 2 aromatic rings. The molecule has 0 N–H and O–H groups in total. The van der Waals surface area contributed by atoms with Gasteiger partial charge in [-0.15, -0.1) is 0 Å². The summed E-state index contributed by atoms with van der Waals surface area (Å²) in [6.07, 6.45) is 0.479. The van der Waals surface area contributed by atoms with Crippen LogP contribution < -0.4 is 0 Å². The van der Waals surface area contributed by atoms with E-state index in [4.69, 9.17) is 0 Å². The minimum absolute atomic E-state index is 0.0459. The van der Waals surface area contributed by atoms with Crippen LogP contribution in [-0.2, 0) is 4.79 Å². The Hall–Kier alpha value is -2.48. The van der Waals surface area contributed by atoms with Gasteiger partial charge in [0, 0.05) is 12.0 Å². The summed E-state index contributed by atoms with van der Waals surface area (Å²) < 4.78 is 13.4. The van der Waals surface area contributed by atoms with Crippen LogP contribution in [0.2, 0.25) is 0 Å². The van der Waals surface area contributed by atoms with Crippen molar-refractivity contribution in [3.05, 3.63) is 83.7 Å². The molecule has 20 heavy (non-hydrogen) atoms. The van der Waals surface area contributed by atoms with Crippen LogP contribution in [0.25, 0.3) is 11.1 Å². The molecule has 0 amide bonds. The number of halogens is 1. The highest BCUT2D eigenvalue weighted by Crippen LogP contribution is 2.39. The molecule has 1 nitrogen and oxygen atoms in total. The lowest BCUT2D eigenvalue weighted by molar-refractivity contribution is -0.110. The van der Waals surface area contributed by atoms with Crippen molar-refractivity contribution < 1.29 is 9.18 Å². The van der Waals surface area contributed by atoms with Gasteiger partial charge in [0.2, 0.25) is 0 Å². The van der Waals surface area contributed by atoms with E-state index in [1.54, 1.807) is 6.07 Å². The summed E-state index contributed by atoms with van der Waals surface area (Å²) in [6.45, 7) is 3.82. The van der Waals surface area contributed by atoms with Crippen molar-refractivity contribution in [2.75, 3.05) is 0 Å². The summed E-state index contributed by atoms with van der Waals surface area (Å²) in [6, 6.07) is 15.8. The van der Waals surface area contributed by atoms with E-state index in [0.29, 0.717) is 17.6 Å². The van der Waals surface area contributed by atoms with E-state index in [1.165, 1.54) is 12.1 Å². The van der Waals surface area contributed by atoms with Gasteiger partial charge in [-0.3, -0.25) is 4.79 Å². The molecule has 0 aliphatic heterocycles. The fourth-order valence-electron chi connectivity index (χ4n) is 2.53. The molecular formula is C18H13FO. The van der Waals surface area contributed by atoms with Crippen LogP contribution in [-0.4, -0.2) is 5.78 Å². The molecular weight excluding hydrogens is 251 g/mol.